The minimum absolute atomic E-state index is 0.0425. The van der Waals surface area contributed by atoms with E-state index in [1.165, 1.54) is 12.1 Å². The van der Waals surface area contributed by atoms with Crippen molar-refractivity contribution in [3.8, 4) is 22.3 Å². The van der Waals surface area contributed by atoms with Gasteiger partial charge in [-0.05, 0) is 65.9 Å². The van der Waals surface area contributed by atoms with Gasteiger partial charge < -0.3 is 0 Å². The largest absolute Gasteiger partial charge is 0.409 e. The Morgan fingerprint density at radius 2 is 1.25 bits per heavy atom. The lowest BCUT2D eigenvalue weighted by Gasteiger charge is -2.12. The molecule has 36 heavy (non-hydrogen) atoms. The molecule has 0 N–H and O–H groups in total. The molecule has 0 saturated heterocycles. The quantitative estimate of drug-likeness (QED) is 0.198. The van der Waals surface area contributed by atoms with E-state index in [4.69, 9.17) is 0 Å². The Bertz CT molecular complexity index is 1190. The smallest absolute Gasteiger partial charge is 0.206 e. The van der Waals surface area contributed by atoms with Gasteiger partial charge in [0.2, 0.25) is 0 Å². The van der Waals surface area contributed by atoms with Crippen LogP contribution >= 0.6 is 0 Å². The van der Waals surface area contributed by atoms with Gasteiger partial charge in [-0.15, -0.1) is 0 Å². The highest BCUT2D eigenvalue weighted by atomic mass is 19.4. The fourth-order valence-corrected chi connectivity index (χ4v) is 3.95. The minimum Gasteiger partial charge on any atom is -0.206 e. The third kappa shape index (κ3) is 6.95. The van der Waals surface area contributed by atoms with Crippen LogP contribution in [0.15, 0.2) is 48.5 Å². The number of rotatable bonds is 9. The summed E-state index contributed by atoms with van der Waals surface area (Å²) in [5, 5.41) is 0. The summed E-state index contributed by atoms with van der Waals surface area (Å²) in [6, 6.07) is 7.18. The van der Waals surface area contributed by atoms with Crippen LogP contribution in [-0.4, -0.2) is 6.18 Å². The van der Waals surface area contributed by atoms with Gasteiger partial charge in [0, 0.05) is 17.2 Å². The maximum atomic E-state index is 14.9. The first-order chi connectivity index (χ1) is 17.0. The van der Waals surface area contributed by atoms with Crippen LogP contribution in [0.1, 0.15) is 50.2 Å². The number of hydrogen-bond acceptors (Lipinski definition) is 0. The van der Waals surface area contributed by atoms with Crippen LogP contribution in [0.4, 0.5) is 35.1 Å². The zero-order valence-corrected chi connectivity index (χ0v) is 19.5. The monoisotopic (exact) mass is 512 g/mol. The molecule has 0 aliphatic carbocycles. The van der Waals surface area contributed by atoms with Crippen molar-refractivity contribution in [2.24, 2.45) is 0 Å². The SMILES string of the molecule is CCCCCCCc1ccc(-c2cc(F)c(-c3cc(F)c(/C=C/C(F)(F)F)c(F)c3)c(F)c2)c(F)c1. The van der Waals surface area contributed by atoms with E-state index in [-0.39, 0.29) is 23.3 Å². The standard InChI is InChI=1S/C28H24F8/c1-2-3-4-5-6-7-17-8-9-20(22(29)12-17)18-13-25(32)27(26(33)14-18)19-15-23(30)21(24(31)16-19)10-11-28(34,35)36/h8-16H,2-7H2,1H3/b11-10+. The van der Waals surface area contributed by atoms with Crippen molar-refractivity contribution in [2.45, 2.75) is 51.6 Å². The molecular weight excluding hydrogens is 488 g/mol. The van der Waals surface area contributed by atoms with Crippen LogP contribution in [0, 0.1) is 29.1 Å². The number of alkyl halides is 3. The van der Waals surface area contributed by atoms with Crippen molar-refractivity contribution < 1.29 is 35.1 Å². The second-order valence-electron chi connectivity index (χ2n) is 8.52. The van der Waals surface area contributed by atoms with E-state index in [2.05, 4.69) is 6.92 Å². The number of allylic oxidation sites excluding steroid dienone is 1. The van der Waals surface area contributed by atoms with Crippen LogP contribution in [0.25, 0.3) is 28.3 Å². The summed E-state index contributed by atoms with van der Waals surface area (Å²) in [5.41, 5.74) is -1.72. The first-order valence-electron chi connectivity index (χ1n) is 11.5. The van der Waals surface area contributed by atoms with Gasteiger partial charge >= 0.3 is 6.18 Å². The number of hydrogen-bond donors (Lipinski definition) is 0. The number of aryl methyl sites for hydroxylation is 1. The third-order valence-electron chi connectivity index (χ3n) is 5.76. The predicted octanol–water partition coefficient (Wildman–Crippen LogP) is 9.80. The van der Waals surface area contributed by atoms with Crippen LogP contribution in [0.3, 0.4) is 0 Å². The van der Waals surface area contributed by atoms with Crippen LogP contribution in [0.5, 0.6) is 0 Å². The predicted molar refractivity (Wildman–Crippen MR) is 125 cm³/mol. The highest BCUT2D eigenvalue weighted by Crippen LogP contribution is 2.34. The van der Waals surface area contributed by atoms with Crippen molar-refractivity contribution in [1.82, 2.24) is 0 Å². The highest BCUT2D eigenvalue weighted by Gasteiger charge is 2.24. The van der Waals surface area contributed by atoms with Gasteiger partial charge in [0.05, 0.1) is 5.56 Å². The lowest BCUT2D eigenvalue weighted by molar-refractivity contribution is -0.0790. The molecule has 0 aliphatic rings. The van der Waals surface area contributed by atoms with Crippen molar-refractivity contribution in [1.29, 1.82) is 0 Å². The highest BCUT2D eigenvalue weighted by molar-refractivity contribution is 5.73. The lowest BCUT2D eigenvalue weighted by atomic mass is 9.96. The Morgan fingerprint density at radius 3 is 1.81 bits per heavy atom. The Kier molecular flexibility index (Phi) is 8.93. The fraction of sp³-hybridized carbons (Fsp3) is 0.286. The van der Waals surface area contributed by atoms with Gasteiger partial charge in [0.25, 0.3) is 0 Å². The molecule has 0 radical (unpaired) electrons. The molecule has 3 aromatic rings. The minimum atomic E-state index is -4.80. The Morgan fingerprint density at radius 1 is 0.667 bits per heavy atom. The molecule has 8 heteroatoms. The van der Waals surface area contributed by atoms with E-state index < -0.39 is 52.0 Å². The molecule has 0 bridgehead atoms. The third-order valence-corrected chi connectivity index (χ3v) is 5.76. The fourth-order valence-electron chi connectivity index (χ4n) is 3.95. The van der Waals surface area contributed by atoms with Gasteiger partial charge in [0.1, 0.15) is 29.1 Å². The lowest BCUT2D eigenvalue weighted by Crippen LogP contribution is -2.01. The van der Waals surface area contributed by atoms with Crippen LogP contribution in [-0.2, 0) is 6.42 Å². The molecule has 0 aliphatic heterocycles. The molecule has 0 nitrogen and oxygen atoms in total. The Balaban J connectivity index is 1.87. The molecule has 0 unspecified atom stereocenters. The summed E-state index contributed by atoms with van der Waals surface area (Å²) in [6.45, 7) is 2.11. The molecule has 0 aromatic heterocycles. The molecule has 3 aromatic carbocycles. The van der Waals surface area contributed by atoms with Gasteiger partial charge in [-0.25, -0.2) is 22.0 Å². The van der Waals surface area contributed by atoms with E-state index in [0.29, 0.717) is 18.6 Å². The second kappa shape index (κ2) is 11.7. The maximum Gasteiger partial charge on any atom is 0.409 e. The van der Waals surface area contributed by atoms with E-state index in [1.807, 2.05) is 0 Å². The van der Waals surface area contributed by atoms with Crippen molar-refractivity contribution in [3.63, 3.8) is 0 Å². The molecule has 0 saturated carbocycles. The summed E-state index contributed by atoms with van der Waals surface area (Å²) in [7, 11) is 0. The molecule has 192 valence electrons. The molecule has 0 atom stereocenters. The normalized spacial score (nSPS) is 12.0. The summed E-state index contributed by atoms with van der Waals surface area (Å²) < 4.78 is 110. The average molecular weight is 512 g/mol. The van der Waals surface area contributed by atoms with Gasteiger partial charge in [-0.2, -0.15) is 13.2 Å². The molecular formula is C28H24F8. The summed E-state index contributed by atoms with van der Waals surface area (Å²) >= 11 is 0. The number of benzene rings is 3. The summed E-state index contributed by atoms with van der Waals surface area (Å²) in [4.78, 5) is 0. The van der Waals surface area contributed by atoms with Crippen molar-refractivity contribution in [3.05, 3.63) is 88.8 Å². The van der Waals surface area contributed by atoms with Crippen LogP contribution < -0.4 is 0 Å². The van der Waals surface area contributed by atoms with E-state index in [1.54, 1.807) is 6.07 Å². The van der Waals surface area contributed by atoms with Gasteiger partial charge in [-0.1, -0.05) is 44.7 Å². The van der Waals surface area contributed by atoms with E-state index in [0.717, 1.165) is 49.8 Å². The van der Waals surface area contributed by atoms with Gasteiger partial charge in [0.15, 0.2) is 0 Å². The zero-order valence-electron chi connectivity index (χ0n) is 19.5. The number of halogens is 8. The van der Waals surface area contributed by atoms with Crippen molar-refractivity contribution >= 4 is 6.08 Å². The van der Waals surface area contributed by atoms with Gasteiger partial charge in [-0.3, -0.25) is 0 Å². The Hall–Kier alpha value is -3.16. The molecule has 3 rings (SSSR count). The Labute approximate surface area is 204 Å². The topological polar surface area (TPSA) is 0 Å². The molecule has 0 heterocycles. The zero-order chi connectivity index (χ0) is 26.5. The summed E-state index contributed by atoms with van der Waals surface area (Å²) in [6.07, 6.45) is 0.996. The van der Waals surface area contributed by atoms with Crippen LogP contribution in [0.2, 0.25) is 0 Å². The van der Waals surface area contributed by atoms with E-state index >= 15 is 0 Å². The molecule has 0 amide bonds. The molecule has 0 spiro atoms. The van der Waals surface area contributed by atoms with Crippen molar-refractivity contribution in [2.75, 3.05) is 0 Å². The van der Waals surface area contributed by atoms with E-state index in [9.17, 15) is 35.1 Å². The second-order valence-corrected chi connectivity index (χ2v) is 8.52. The maximum absolute atomic E-state index is 14.9. The first-order valence-corrected chi connectivity index (χ1v) is 11.5. The molecule has 0 fully saturated rings. The summed E-state index contributed by atoms with van der Waals surface area (Å²) in [5.74, 6) is -5.93. The first kappa shape index (κ1) is 27.4. The average Bonchev–Trinajstić information content (AvgIpc) is 2.77. The number of unbranched alkanes of at least 4 members (excludes halogenated alkanes) is 4.